The van der Waals surface area contributed by atoms with Gasteiger partial charge in [-0.2, -0.15) is 10.2 Å². The van der Waals surface area contributed by atoms with Crippen LogP contribution in [0.2, 0.25) is 0 Å². The van der Waals surface area contributed by atoms with Gasteiger partial charge in [-0.25, -0.2) is 0 Å². The number of fused-ring (bicyclic) bond motifs is 1. The van der Waals surface area contributed by atoms with Crippen LogP contribution < -0.4 is 0 Å². The molecule has 102 valence electrons. The van der Waals surface area contributed by atoms with E-state index in [1.165, 1.54) is 0 Å². The molecule has 1 unspecified atom stereocenters. The minimum atomic E-state index is -0.822. The molecule has 0 amide bonds. The van der Waals surface area contributed by atoms with Crippen molar-refractivity contribution in [2.45, 2.75) is 26.9 Å². The fourth-order valence-corrected chi connectivity index (χ4v) is 2.32. The first-order chi connectivity index (χ1) is 9.54. The maximum atomic E-state index is 10.5. The summed E-state index contributed by atoms with van der Waals surface area (Å²) in [4.78, 5) is 0. The van der Waals surface area contributed by atoms with E-state index in [4.69, 9.17) is 4.42 Å². The molecule has 0 saturated heterocycles. The number of hydrogen-bond donors (Lipinski definition) is 1. The molecule has 0 bridgehead atoms. The van der Waals surface area contributed by atoms with Crippen molar-refractivity contribution < 1.29 is 9.52 Å². The monoisotopic (exact) mass is 268 g/mol. The molecule has 0 spiro atoms. The summed E-state index contributed by atoms with van der Waals surface area (Å²) in [5.41, 5.74) is 4.16. The van der Waals surface area contributed by atoms with Crippen molar-refractivity contribution in [3.05, 3.63) is 58.6 Å². The second kappa shape index (κ2) is 4.72. The summed E-state index contributed by atoms with van der Waals surface area (Å²) < 4.78 is 5.74. The van der Waals surface area contributed by atoms with Gasteiger partial charge < -0.3 is 9.52 Å². The zero-order valence-corrected chi connectivity index (χ0v) is 11.7. The van der Waals surface area contributed by atoms with E-state index in [2.05, 4.69) is 10.2 Å². The van der Waals surface area contributed by atoms with E-state index < -0.39 is 6.10 Å². The average Bonchev–Trinajstić information content (AvgIpc) is 2.83. The molecule has 3 aromatic rings. The molecule has 1 N–H and O–H groups in total. The van der Waals surface area contributed by atoms with Crippen molar-refractivity contribution in [2.24, 2.45) is 0 Å². The maximum absolute atomic E-state index is 10.5. The third-order valence-electron chi connectivity index (χ3n) is 3.39. The Balaban J connectivity index is 2.07. The Hall–Kier alpha value is -2.20. The van der Waals surface area contributed by atoms with Gasteiger partial charge in [-0.15, -0.1) is 0 Å². The molecule has 1 aromatic carbocycles. The molecule has 4 nitrogen and oxygen atoms in total. The van der Waals surface area contributed by atoms with Gasteiger partial charge in [0.05, 0.1) is 11.4 Å². The van der Waals surface area contributed by atoms with E-state index in [0.717, 1.165) is 27.8 Å². The molecular formula is C16H16N2O2. The molecule has 0 aliphatic carbocycles. The van der Waals surface area contributed by atoms with E-state index >= 15 is 0 Å². The van der Waals surface area contributed by atoms with Gasteiger partial charge in [-0.1, -0.05) is 11.6 Å². The number of nitrogens with zero attached hydrogens (tertiary/aromatic N) is 2. The fourth-order valence-electron chi connectivity index (χ4n) is 2.32. The van der Waals surface area contributed by atoms with Crippen molar-refractivity contribution in [1.29, 1.82) is 0 Å². The Labute approximate surface area is 117 Å². The van der Waals surface area contributed by atoms with Gasteiger partial charge in [0.25, 0.3) is 0 Å². The van der Waals surface area contributed by atoms with Gasteiger partial charge in [0.2, 0.25) is 0 Å². The van der Waals surface area contributed by atoms with Crippen molar-refractivity contribution in [3.63, 3.8) is 0 Å². The fraction of sp³-hybridized carbons (Fsp3) is 0.250. The van der Waals surface area contributed by atoms with Crippen molar-refractivity contribution in [1.82, 2.24) is 10.2 Å². The Bertz CT molecular complexity index is 777. The van der Waals surface area contributed by atoms with Crippen LogP contribution in [0.15, 0.2) is 34.7 Å². The average molecular weight is 268 g/mol. The van der Waals surface area contributed by atoms with Crippen molar-refractivity contribution in [2.75, 3.05) is 0 Å². The van der Waals surface area contributed by atoms with Crippen LogP contribution in [0.25, 0.3) is 11.0 Å². The lowest BCUT2D eigenvalue weighted by atomic mass is 10.1. The molecular weight excluding hydrogens is 252 g/mol. The molecule has 0 saturated carbocycles. The molecule has 3 rings (SSSR count). The number of aliphatic hydroxyl groups excluding tert-OH is 1. The highest BCUT2D eigenvalue weighted by molar-refractivity contribution is 5.78. The SMILES string of the molecule is Cc1ccc2oc(C(O)c3cc(C)nnc3C)cc2c1. The van der Waals surface area contributed by atoms with E-state index in [9.17, 15) is 5.11 Å². The Morgan fingerprint density at radius 1 is 1.05 bits per heavy atom. The summed E-state index contributed by atoms with van der Waals surface area (Å²) in [5.74, 6) is 0.529. The van der Waals surface area contributed by atoms with Crippen LogP contribution in [0.3, 0.4) is 0 Å². The molecule has 4 heteroatoms. The number of aryl methyl sites for hydroxylation is 3. The molecule has 0 aliphatic rings. The third kappa shape index (κ3) is 2.18. The number of hydrogen-bond acceptors (Lipinski definition) is 4. The van der Waals surface area contributed by atoms with E-state index in [1.807, 2.05) is 51.1 Å². The van der Waals surface area contributed by atoms with Gasteiger partial charge in [-0.05, 0) is 45.0 Å². The van der Waals surface area contributed by atoms with Gasteiger partial charge >= 0.3 is 0 Å². The summed E-state index contributed by atoms with van der Waals surface area (Å²) in [7, 11) is 0. The molecule has 2 aromatic heterocycles. The van der Waals surface area contributed by atoms with Gasteiger partial charge in [0.15, 0.2) is 0 Å². The molecule has 0 radical (unpaired) electrons. The minimum Gasteiger partial charge on any atom is -0.458 e. The lowest BCUT2D eigenvalue weighted by Gasteiger charge is -2.10. The number of benzene rings is 1. The van der Waals surface area contributed by atoms with Crippen LogP contribution >= 0.6 is 0 Å². The van der Waals surface area contributed by atoms with Crippen LogP contribution in [-0.2, 0) is 0 Å². The lowest BCUT2D eigenvalue weighted by molar-refractivity contribution is 0.190. The van der Waals surface area contributed by atoms with Crippen LogP contribution in [0, 0.1) is 20.8 Å². The normalized spacial score (nSPS) is 12.8. The highest BCUT2D eigenvalue weighted by Gasteiger charge is 2.18. The first-order valence-electron chi connectivity index (χ1n) is 6.53. The third-order valence-corrected chi connectivity index (χ3v) is 3.39. The maximum Gasteiger partial charge on any atom is 0.139 e. The number of rotatable bonds is 2. The molecule has 0 aliphatic heterocycles. The summed E-state index contributed by atoms with van der Waals surface area (Å²) in [6.45, 7) is 5.71. The quantitative estimate of drug-likeness (QED) is 0.775. The van der Waals surface area contributed by atoms with Gasteiger partial charge in [-0.3, -0.25) is 0 Å². The Kier molecular flexibility index (Phi) is 3.03. The predicted molar refractivity (Wildman–Crippen MR) is 76.5 cm³/mol. The second-order valence-electron chi connectivity index (χ2n) is 5.12. The van der Waals surface area contributed by atoms with Crippen LogP contribution in [0.5, 0.6) is 0 Å². The predicted octanol–water partition coefficient (Wildman–Crippen LogP) is 3.23. The zero-order chi connectivity index (χ0) is 14.3. The first-order valence-corrected chi connectivity index (χ1v) is 6.53. The summed E-state index contributed by atoms with van der Waals surface area (Å²) in [6, 6.07) is 9.67. The lowest BCUT2D eigenvalue weighted by Crippen LogP contribution is -2.04. The van der Waals surface area contributed by atoms with E-state index in [0.29, 0.717) is 11.5 Å². The molecule has 2 heterocycles. The van der Waals surface area contributed by atoms with Gasteiger partial charge in [0.1, 0.15) is 17.4 Å². The largest absolute Gasteiger partial charge is 0.458 e. The van der Waals surface area contributed by atoms with E-state index in [-0.39, 0.29) is 0 Å². The van der Waals surface area contributed by atoms with Crippen LogP contribution in [0.4, 0.5) is 0 Å². The highest BCUT2D eigenvalue weighted by Crippen LogP contribution is 2.29. The second-order valence-corrected chi connectivity index (χ2v) is 5.12. The number of aromatic nitrogens is 2. The first kappa shape index (κ1) is 12.8. The standard InChI is InChI=1S/C16H16N2O2/c1-9-4-5-14-12(6-9)8-15(20-14)16(19)13-7-10(2)17-18-11(13)3/h4-8,16,19H,1-3H3. The molecule has 20 heavy (non-hydrogen) atoms. The topological polar surface area (TPSA) is 59.2 Å². The Morgan fingerprint density at radius 3 is 2.65 bits per heavy atom. The molecule has 0 fully saturated rings. The zero-order valence-electron chi connectivity index (χ0n) is 11.7. The van der Waals surface area contributed by atoms with Crippen LogP contribution in [-0.4, -0.2) is 15.3 Å². The van der Waals surface area contributed by atoms with Crippen LogP contribution in [0.1, 0.15) is 34.4 Å². The Morgan fingerprint density at radius 2 is 1.85 bits per heavy atom. The van der Waals surface area contributed by atoms with Gasteiger partial charge in [0, 0.05) is 10.9 Å². The number of furan rings is 1. The minimum absolute atomic E-state index is 0.529. The number of aliphatic hydroxyl groups is 1. The summed E-state index contributed by atoms with van der Waals surface area (Å²) >= 11 is 0. The smallest absolute Gasteiger partial charge is 0.139 e. The van der Waals surface area contributed by atoms with Crippen molar-refractivity contribution in [3.8, 4) is 0 Å². The summed E-state index contributed by atoms with van der Waals surface area (Å²) in [5, 5.41) is 19.5. The molecule has 1 atom stereocenters. The highest BCUT2D eigenvalue weighted by atomic mass is 16.4. The summed E-state index contributed by atoms with van der Waals surface area (Å²) in [6.07, 6.45) is -0.822. The van der Waals surface area contributed by atoms with Crippen molar-refractivity contribution >= 4 is 11.0 Å². The van der Waals surface area contributed by atoms with E-state index in [1.54, 1.807) is 0 Å².